The number of hydrogen-bond acceptors (Lipinski definition) is 2. The van der Waals surface area contributed by atoms with Gasteiger partial charge in [-0.3, -0.25) is 4.57 Å². The van der Waals surface area contributed by atoms with Gasteiger partial charge in [-0.05, 0) is 76.5 Å². The van der Waals surface area contributed by atoms with Gasteiger partial charge in [0.15, 0.2) is 0 Å². The van der Waals surface area contributed by atoms with E-state index in [4.69, 9.17) is 13.5 Å². The van der Waals surface area contributed by atoms with Crippen LogP contribution < -0.4 is 0 Å². The molecule has 0 fully saturated rings. The molecule has 192 valence electrons. The zero-order valence-electron chi connectivity index (χ0n) is 25.6. The van der Waals surface area contributed by atoms with Crippen LogP contribution in [0.1, 0.15) is 60.3 Å². The number of aromatic nitrogens is 2. The highest BCUT2D eigenvalue weighted by Gasteiger charge is 2.24. The van der Waals surface area contributed by atoms with E-state index in [0.29, 0.717) is 28.4 Å². The Kier molecular flexibility index (Phi) is 4.67. The summed E-state index contributed by atoms with van der Waals surface area (Å²) in [6, 6.07) is 30.4. The van der Waals surface area contributed by atoms with Crippen LogP contribution in [0.25, 0.3) is 60.8 Å². The maximum atomic E-state index is 8.06. The molecule has 0 atom stereocenters. The minimum absolute atomic E-state index is 0.314. The number of hydrogen-bond donors (Lipinski definition) is 0. The molecule has 0 saturated heterocycles. The molecule has 0 N–H and O–H groups in total. The maximum absolute atomic E-state index is 8.06. The molecule has 7 aromatic rings. The van der Waals surface area contributed by atoms with Crippen LogP contribution in [0.3, 0.4) is 0 Å². The highest BCUT2D eigenvalue weighted by Crippen LogP contribution is 2.41. The second-order valence-electron chi connectivity index (χ2n) is 11.0. The quantitative estimate of drug-likeness (QED) is 0.235. The van der Waals surface area contributed by atoms with E-state index in [1.54, 1.807) is 6.07 Å². The van der Waals surface area contributed by atoms with Crippen molar-refractivity contribution in [3.8, 4) is 17.1 Å². The number of aryl methyl sites for hydroxylation is 1. The Morgan fingerprint density at radius 3 is 2.26 bits per heavy atom. The molecule has 2 aromatic heterocycles. The molecule has 0 amide bonds. The van der Waals surface area contributed by atoms with Crippen molar-refractivity contribution in [2.45, 2.75) is 46.4 Å². The molecule has 2 heterocycles. The van der Waals surface area contributed by atoms with Crippen LogP contribution in [0.4, 0.5) is 0 Å². The fourth-order valence-corrected chi connectivity index (χ4v) is 5.95. The Bertz CT molecular complexity index is 2120. The topological polar surface area (TPSA) is 31.0 Å². The third kappa shape index (κ3) is 3.60. The molecule has 0 aliphatic carbocycles. The standard InChI is InChI=1S/C36H32N2O/c1-21(2)25-13-9-14-26(22(3)4)34(25)38-32-18-7-6-17-31(32)37-36(38)28-16-10-15-27-30-19-24-12-8-11-23(5)29(24)20-33(30)39-35(27)28/h6-22H,1-5H3/i5D3. The summed E-state index contributed by atoms with van der Waals surface area (Å²) in [5.74, 6) is 1.45. The molecule has 0 aliphatic heterocycles. The van der Waals surface area contributed by atoms with E-state index in [9.17, 15) is 0 Å². The van der Waals surface area contributed by atoms with Gasteiger partial charge in [0.25, 0.3) is 0 Å². The van der Waals surface area contributed by atoms with Crippen LogP contribution >= 0.6 is 0 Å². The van der Waals surface area contributed by atoms with E-state index in [1.165, 1.54) is 16.8 Å². The van der Waals surface area contributed by atoms with Gasteiger partial charge in [0.2, 0.25) is 0 Å². The molecule has 0 aliphatic rings. The van der Waals surface area contributed by atoms with Gasteiger partial charge in [0.1, 0.15) is 17.0 Å². The summed E-state index contributed by atoms with van der Waals surface area (Å²) in [6.45, 7) is 6.73. The zero-order valence-corrected chi connectivity index (χ0v) is 22.6. The van der Waals surface area contributed by atoms with Crippen molar-refractivity contribution >= 4 is 43.7 Å². The van der Waals surface area contributed by atoms with E-state index in [0.717, 1.165) is 44.2 Å². The lowest BCUT2D eigenvalue weighted by atomic mass is 9.92. The molecule has 0 bridgehead atoms. The third-order valence-corrected chi connectivity index (χ3v) is 7.87. The first kappa shape index (κ1) is 20.6. The smallest absolute Gasteiger partial charge is 0.149 e. The average molecular weight is 512 g/mol. The SMILES string of the molecule is [2H]C([2H])([2H])c1cccc2cc3c(cc12)oc1c(-c2nc4ccccc4n2-c2c(C(C)C)cccc2C(C)C)cccc13. The number of nitrogens with zero attached hydrogens (tertiary/aromatic N) is 2. The van der Waals surface area contributed by atoms with Gasteiger partial charge in [-0.1, -0.05) is 88.4 Å². The number of fused-ring (bicyclic) bond motifs is 5. The summed E-state index contributed by atoms with van der Waals surface area (Å²) in [5, 5.41) is 3.49. The van der Waals surface area contributed by atoms with E-state index in [2.05, 4.69) is 86.9 Å². The number of furan rings is 1. The first-order valence-corrected chi connectivity index (χ1v) is 13.6. The van der Waals surface area contributed by atoms with Gasteiger partial charge in [-0.25, -0.2) is 4.98 Å². The van der Waals surface area contributed by atoms with Gasteiger partial charge < -0.3 is 4.42 Å². The summed E-state index contributed by atoms with van der Waals surface area (Å²) >= 11 is 0. The number of benzene rings is 5. The number of rotatable bonds is 4. The van der Waals surface area contributed by atoms with E-state index in [-0.39, 0.29) is 0 Å². The van der Waals surface area contributed by atoms with Gasteiger partial charge in [-0.2, -0.15) is 0 Å². The first-order chi connectivity index (χ1) is 20.1. The molecule has 0 radical (unpaired) electrons. The zero-order chi connectivity index (χ0) is 29.3. The maximum Gasteiger partial charge on any atom is 0.149 e. The Hall–Kier alpha value is -4.37. The third-order valence-electron chi connectivity index (χ3n) is 7.87. The largest absolute Gasteiger partial charge is 0.455 e. The average Bonchev–Trinajstić information content (AvgIpc) is 3.52. The number of imidazole rings is 1. The second kappa shape index (κ2) is 8.84. The van der Waals surface area contributed by atoms with Crippen LogP contribution in [0.2, 0.25) is 0 Å². The Labute approximate surface area is 232 Å². The molecule has 39 heavy (non-hydrogen) atoms. The highest BCUT2D eigenvalue weighted by molar-refractivity contribution is 6.13. The Balaban J connectivity index is 1.58. The predicted octanol–water partition coefficient (Wildman–Crippen LogP) is 10.3. The van der Waals surface area contributed by atoms with E-state index < -0.39 is 6.85 Å². The van der Waals surface area contributed by atoms with Crippen molar-refractivity contribution in [2.24, 2.45) is 0 Å². The fourth-order valence-electron chi connectivity index (χ4n) is 5.95. The number of para-hydroxylation sites is 4. The van der Waals surface area contributed by atoms with Crippen LogP contribution in [-0.2, 0) is 0 Å². The van der Waals surface area contributed by atoms with Crippen LogP contribution in [0.15, 0.2) is 95.4 Å². The van der Waals surface area contributed by atoms with Crippen molar-refractivity contribution in [3.63, 3.8) is 0 Å². The monoisotopic (exact) mass is 511 g/mol. The summed E-state index contributed by atoms with van der Waals surface area (Å²) in [6.07, 6.45) is 0. The van der Waals surface area contributed by atoms with Crippen molar-refractivity contribution in [1.29, 1.82) is 0 Å². The molecule has 3 nitrogen and oxygen atoms in total. The Morgan fingerprint density at radius 2 is 1.49 bits per heavy atom. The van der Waals surface area contributed by atoms with Crippen molar-refractivity contribution in [2.75, 3.05) is 0 Å². The van der Waals surface area contributed by atoms with Gasteiger partial charge in [0, 0.05) is 14.9 Å². The van der Waals surface area contributed by atoms with E-state index >= 15 is 0 Å². The molecule has 0 unspecified atom stereocenters. The van der Waals surface area contributed by atoms with Gasteiger partial charge in [0.05, 0.1) is 22.3 Å². The second-order valence-corrected chi connectivity index (χ2v) is 11.0. The molecule has 7 rings (SSSR count). The van der Waals surface area contributed by atoms with Crippen molar-refractivity contribution in [1.82, 2.24) is 9.55 Å². The van der Waals surface area contributed by atoms with Crippen LogP contribution in [0, 0.1) is 6.85 Å². The van der Waals surface area contributed by atoms with Gasteiger partial charge in [-0.15, -0.1) is 0 Å². The molecular formula is C36H32N2O. The molecule has 0 spiro atoms. The lowest BCUT2D eigenvalue weighted by Gasteiger charge is -2.22. The lowest BCUT2D eigenvalue weighted by molar-refractivity contribution is 0.670. The minimum atomic E-state index is -2.22. The summed E-state index contributed by atoms with van der Waals surface area (Å²) < 4.78 is 33.1. The van der Waals surface area contributed by atoms with Crippen molar-refractivity contribution in [3.05, 3.63) is 108 Å². The predicted molar refractivity (Wildman–Crippen MR) is 164 cm³/mol. The fraction of sp³-hybridized carbons (Fsp3) is 0.194. The van der Waals surface area contributed by atoms with E-state index in [1.807, 2.05) is 30.3 Å². The lowest BCUT2D eigenvalue weighted by Crippen LogP contribution is -2.08. The molecule has 5 aromatic carbocycles. The van der Waals surface area contributed by atoms with Crippen molar-refractivity contribution < 1.29 is 8.53 Å². The summed E-state index contributed by atoms with van der Waals surface area (Å²) in [7, 11) is 0. The highest BCUT2D eigenvalue weighted by atomic mass is 16.3. The molecule has 0 saturated carbocycles. The Morgan fingerprint density at radius 1 is 0.744 bits per heavy atom. The summed E-state index contributed by atoms with van der Waals surface area (Å²) in [5.41, 5.74) is 8.30. The van der Waals surface area contributed by atoms with Crippen LogP contribution in [0.5, 0.6) is 0 Å². The normalized spacial score (nSPS) is 13.6. The minimum Gasteiger partial charge on any atom is -0.455 e. The van der Waals surface area contributed by atoms with Gasteiger partial charge >= 0.3 is 0 Å². The first-order valence-electron chi connectivity index (χ1n) is 15.1. The molecular weight excluding hydrogens is 476 g/mol. The van der Waals surface area contributed by atoms with Crippen LogP contribution in [-0.4, -0.2) is 9.55 Å². The molecule has 3 heteroatoms. The summed E-state index contributed by atoms with van der Waals surface area (Å²) in [4.78, 5) is 5.21.